The highest BCUT2D eigenvalue weighted by Crippen LogP contribution is 2.31. The van der Waals surface area contributed by atoms with Gasteiger partial charge >= 0.3 is 0 Å². The second-order valence-corrected chi connectivity index (χ2v) is 8.37. The molecule has 0 unspecified atom stereocenters. The zero-order chi connectivity index (χ0) is 22.9. The van der Waals surface area contributed by atoms with Crippen LogP contribution in [-0.4, -0.2) is 47.3 Å². The molecule has 1 fully saturated rings. The molecule has 8 heteroatoms. The van der Waals surface area contributed by atoms with Crippen molar-refractivity contribution in [2.75, 3.05) is 31.6 Å². The Hall–Kier alpha value is -3.49. The number of benzene rings is 1. The summed E-state index contributed by atoms with van der Waals surface area (Å²) in [7, 11) is 0. The van der Waals surface area contributed by atoms with E-state index >= 15 is 0 Å². The van der Waals surface area contributed by atoms with Gasteiger partial charge in [0.2, 0.25) is 0 Å². The number of hydrogen-bond donors (Lipinski definition) is 1. The average Bonchev–Trinajstić information content (AvgIpc) is 3.36. The zero-order valence-electron chi connectivity index (χ0n) is 19.0. The summed E-state index contributed by atoms with van der Waals surface area (Å²) in [5, 5.41) is 7.63. The molecule has 0 radical (unpaired) electrons. The van der Waals surface area contributed by atoms with Gasteiger partial charge < -0.3 is 19.0 Å². The molecule has 8 nitrogen and oxygen atoms in total. The number of aromatic nitrogens is 2. The molecule has 4 aromatic rings. The smallest absolute Gasteiger partial charge is 0.259 e. The molecule has 1 amide bonds. The van der Waals surface area contributed by atoms with Crippen molar-refractivity contribution in [2.45, 2.75) is 27.3 Å². The Morgan fingerprint density at radius 2 is 1.85 bits per heavy atom. The van der Waals surface area contributed by atoms with Crippen molar-refractivity contribution >= 4 is 22.7 Å². The summed E-state index contributed by atoms with van der Waals surface area (Å²) >= 11 is 0. The average molecular weight is 447 g/mol. The van der Waals surface area contributed by atoms with Gasteiger partial charge in [0, 0.05) is 30.9 Å². The third kappa shape index (κ3) is 4.40. The van der Waals surface area contributed by atoms with Crippen LogP contribution in [0.25, 0.3) is 22.4 Å². The zero-order valence-corrected chi connectivity index (χ0v) is 19.0. The van der Waals surface area contributed by atoms with E-state index in [4.69, 9.17) is 13.7 Å². The van der Waals surface area contributed by atoms with Crippen molar-refractivity contribution in [2.24, 2.45) is 0 Å². The van der Waals surface area contributed by atoms with Gasteiger partial charge in [0.1, 0.15) is 11.5 Å². The van der Waals surface area contributed by atoms with E-state index < -0.39 is 0 Å². The Bertz CT molecular complexity index is 1300. The SMILES string of the molecule is Cc1cc(-c2cc(C(=O)Nc3ccc(CN4CCOCC4)cc3)c3c(C)noc3n2)c(C)o1. The number of ether oxygens (including phenoxy) is 1. The van der Waals surface area contributed by atoms with Crippen molar-refractivity contribution in [3.05, 3.63) is 64.7 Å². The minimum absolute atomic E-state index is 0.242. The van der Waals surface area contributed by atoms with Gasteiger partial charge in [0.15, 0.2) is 0 Å². The van der Waals surface area contributed by atoms with Crippen molar-refractivity contribution in [3.8, 4) is 11.3 Å². The molecule has 3 aromatic heterocycles. The quantitative estimate of drug-likeness (QED) is 0.483. The van der Waals surface area contributed by atoms with Crippen LogP contribution in [0.4, 0.5) is 5.69 Å². The summed E-state index contributed by atoms with van der Waals surface area (Å²) < 4.78 is 16.5. The first-order valence-electron chi connectivity index (χ1n) is 11.0. The van der Waals surface area contributed by atoms with Crippen LogP contribution in [0.5, 0.6) is 0 Å². The molecule has 0 saturated carbocycles. The molecule has 0 bridgehead atoms. The predicted molar refractivity (Wildman–Crippen MR) is 124 cm³/mol. The second-order valence-electron chi connectivity index (χ2n) is 8.37. The third-order valence-electron chi connectivity index (χ3n) is 5.90. The number of nitrogens with one attached hydrogen (secondary N) is 1. The lowest BCUT2D eigenvalue weighted by Gasteiger charge is -2.26. The fourth-order valence-electron chi connectivity index (χ4n) is 4.21. The maximum Gasteiger partial charge on any atom is 0.259 e. The lowest BCUT2D eigenvalue weighted by atomic mass is 10.1. The van der Waals surface area contributed by atoms with E-state index in [1.54, 1.807) is 13.0 Å². The van der Waals surface area contributed by atoms with Gasteiger partial charge in [-0.2, -0.15) is 0 Å². The molecule has 5 rings (SSSR count). The normalized spacial score (nSPS) is 14.6. The van der Waals surface area contributed by atoms with Crippen LogP contribution < -0.4 is 5.32 Å². The Morgan fingerprint density at radius 3 is 2.55 bits per heavy atom. The summed E-state index contributed by atoms with van der Waals surface area (Å²) in [6, 6.07) is 11.6. The lowest BCUT2D eigenvalue weighted by Crippen LogP contribution is -2.35. The molecule has 1 aliphatic rings. The maximum atomic E-state index is 13.3. The fourth-order valence-corrected chi connectivity index (χ4v) is 4.21. The molecule has 1 N–H and O–H groups in total. The number of hydrogen-bond acceptors (Lipinski definition) is 7. The number of nitrogens with zero attached hydrogens (tertiary/aromatic N) is 3. The summed E-state index contributed by atoms with van der Waals surface area (Å²) in [4.78, 5) is 20.2. The molecule has 4 heterocycles. The van der Waals surface area contributed by atoms with E-state index in [-0.39, 0.29) is 5.91 Å². The highest BCUT2D eigenvalue weighted by atomic mass is 16.5. The van der Waals surface area contributed by atoms with E-state index in [0.29, 0.717) is 28.1 Å². The Balaban J connectivity index is 1.41. The number of anilines is 1. The van der Waals surface area contributed by atoms with Crippen LogP contribution in [0.1, 0.15) is 33.1 Å². The lowest BCUT2D eigenvalue weighted by molar-refractivity contribution is 0.0342. The van der Waals surface area contributed by atoms with Crippen LogP contribution in [0, 0.1) is 20.8 Å². The van der Waals surface area contributed by atoms with Crippen molar-refractivity contribution in [3.63, 3.8) is 0 Å². The number of carbonyl (C=O) groups excluding carboxylic acids is 1. The number of amides is 1. The number of aryl methyl sites for hydroxylation is 3. The number of furan rings is 1. The van der Waals surface area contributed by atoms with Gasteiger partial charge in [-0.3, -0.25) is 9.69 Å². The Morgan fingerprint density at radius 1 is 1.09 bits per heavy atom. The van der Waals surface area contributed by atoms with Crippen molar-refractivity contribution in [1.82, 2.24) is 15.0 Å². The molecule has 0 spiro atoms. The van der Waals surface area contributed by atoms with Gasteiger partial charge in [-0.15, -0.1) is 0 Å². The number of fused-ring (bicyclic) bond motifs is 1. The molecule has 1 aromatic carbocycles. The van der Waals surface area contributed by atoms with E-state index in [1.807, 2.05) is 44.2 Å². The number of morpholine rings is 1. The van der Waals surface area contributed by atoms with Crippen molar-refractivity contribution < 1.29 is 18.5 Å². The largest absolute Gasteiger partial charge is 0.466 e. The van der Waals surface area contributed by atoms with E-state index in [0.717, 1.165) is 55.6 Å². The molecule has 0 aliphatic carbocycles. The highest BCUT2D eigenvalue weighted by molar-refractivity contribution is 6.13. The molecular weight excluding hydrogens is 420 g/mol. The summed E-state index contributed by atoms with van der Waals surface area (Å²) in [5.41, 5.74) is 4.77. The summed E-state index contributed by atoms with van der Waals surface area (Å²) in [6.45, 7) is 9.85. The van der Waals surface area contributed by atoms with Gasteiger partial charge in [0.25, 0.3) is 11.6 Å². The van der Waals surface area contributed by atoms with Gasteiger partial charge in [0.05, 0.1) is 35.6 Å². The van der Waals surface area contributed by atoms with E-state index in [1.165, 1.54) is 5.56 Å². The van der Waals surface area contributed by atoms with E-state index in [9.17, 15) is 4.79 Å². The maximum absolute atomic E-state index is 13.3. The van der Waals surface area contributed by atoms with Gasteiger partial charge in [-0.1, -0.05) is 17.3 Å². The number of pyridine rings is 1. The monoisotopic (exact) mass is 446 g/mol. The third-order valence-corrected chi connectivity index (χ3v) is 5.90. The van der Waals surface area contributed by atoms with Crippen molar-refractivity contribution in [1.29, 1.82) is 0 Å². The van der Waals surface area contributed by atoms with Crippen LogP contribution >= 0.6 is 0 Å². The molecule has 33 heavy (non-hydrogen) atoms. The molecule has 1 aliphatic heterocycles. The van der Waals surface area contributed by atoms with Crippen LogP contribution in [0.3, 0.4) is 0 Å². The van der Waals surface area contributed by atoms with Gasteiger partial charge in [-0.25, -0.2) is 4.98 Å². The minimum Gasteiger partial charge on any atom is -0.466 e. The second kappa shape index (κ2) is 8.80. The van der Waals surface area contributed by atoms with Crippen LogP contribution in [0.2, 0.25) is 0 Å². The number of rotatable bonds is 5. The predicted octanol–water partition coefficient (Wildman–Crippen LogP) is 4.49. The fraction of sp³-hybridized carbons (Fsp3) is 0.320. The highest BCUT2D eigenvalue weighted by Gasteiger charge is 2.21. The minimum atomic E-state index is -0.242. The Kier molecular flexibility index (Phi) is 5.70. The van der Waals surface area contributed by atoms with Crippen LogP contribution in [-0.2, 0) is 11.3 Å². The first-order valence-corrected chi connectivity index (χ1v) is 11.0. The van der Waals surface area contributed by atoms with Gasteiger partial charge in [-0.05, 0) is 50.6 Å². The molecule has 170 valence electrons. The molecule has 0 atom stereocenters. The summed E-state index contributed by atoms with van der Waals surface area (Å²) in [5.74, 6) is 1.27. The van der Waals surface area contributed by atoms with Crippen LogP contribution in [0.15, 0.2) is 45.3 Å². The first kappa shape index (κ1) is 21.4. The number of carbonyl (C=O) groups is 1. The molecule has 1 saturated heterocycles. The first-order chi connectivity index (χ1) is 16.0. The standard InChI is InChI=1S/C25H26N4O4/c1-15-12-20(17(3)32-15)22-13-21(23-16(2)28-33-25(23)27-22)24(30)26-19-6-4-18(5-7-19)14-29-8-10-31-11-9-29/h4-7,12-13H,8-11,14H2,1-3H3,(H,26,30). The molecular formula is C25H26N4O4. The topological polar surface area (TPSA) is 93.6 Å². The Labute approximate surface area is 191 Å². The summed E-state index contributed by atoms with van der Waals surface area (Å²) in [6.07, 6.45) is 0. The van der Waals surface area contributed by atoms with E-state index in [2.05, 4.69) is 20.4 Å².